The molecule has 8 nitrogen and oxygen atoms in total. The molecule has 1 aliphatic rings. The highest BCUT2D eigenvalue weighted by Gasteiger charge is 2.30. The number of aromatic nitrogens is 3. The van der Waals surface area contributed by atoms with E-state index in [1.54, 1.807) is 53.7 Å². The summed E-state index contributed by atoms with van der Waals surface area (Å²) in [5.41, 5.74) is 8.64. The number of rotatable bonds is 4. The van der Waals surface area contributed by atoms with E-state index in [1.165, 1.54) is 12.1 Å². The molecule has 3 heterocycles. The fraction of sp³-hybridized carbons (Fsp3) is 0.167. The number of H-pyrrole nitrogens is 1. The first kappa shape index (κ1) is 20.8. The zero-order valence-corrected chi connectivity index (χ0v) is 17.5. The van der Waals surface area contributed by atoms with Gasteiger partial charge in [0.1, 0.15) is 17.6 Å². The van der Waals surface area contributed by atoms with Gasteiger partial charge in [0.05, 0.1) is 24.5 Å². The van der Waals surface area contributed by atoms with E-state index in [0.717, 1.165) is 10.9 Å². The Morgan fingerprint density at radius 2 is 1.88 bits per heavy atom. The first-order valence-corrected chi connectivity index (χ1v) is 10.4. The Balaban J connectivity index is 1.40. The van der Waals surface area contributed by atoms with Crippen molar-refractivity contribution in [2.24, 2.45) is 5.73 Å². The Morgan fingerprint density at radius 1 is 1.09 bits per heavy atom. The number of halogens is 1. The normalized spacial score (nSPS) is 16.2. The summed E-state index contributed by atoms with van der Waals surface area (Å²) in [7, 11) is 0. The number of nitrogens with two attached hydrogens (primary N) is 1. The first-order chi connectivity index (χ1) is 16.0. The van der Waals surface area contributed by atoms with Crippen molar-refractivity contribution >= 4 is 22.7 Å². The summed E-state index contributed by atoms with van der Waals surface area (Å²) < 4.78 is 19.5. The second-order valence-corrected chi connectivity index (χ2v) is 7.76. The van der Waals surface area contributed by atoms with E-state index in [2.05, 4.69) is 15.0 Å². The van der Waals surface area contributed by atoms with Crippen LogP contribution in [0.4, 0.5) is 4.39 Å². The van der Waals surface area contributed by atoms with Crippen molar-refractivity contribution < 1.29 is 18.7 Å². The highest BCUT2D eigenvalue weighted by atomic mass is 19.1. The molecule has 2 aromatic heterocycles. The van der Waals surface area contributed by atoms with Crippen molar-refractivity contribution in [1.29, 1.82) is 0 Å². The summed E-state index contributed by atoms with van der Waals surface area (Å²) in [4.78, 5) is 38.1. The average Bonchev–Trinajstić information content (AvgIpc) is 3.27. The highest BCUT2D eigenvalue weighted by molar-refractivity contribution is 5.98. The van der Waals surface area contributed by atoms with Gasteiger partial charge in [-0.15, -0.1) is 0 Å². The number of morpholine rings is 1. The number of amides is 2. The minimum Gasteiger partial charge on any atom is -0.368 e. The molecule has 166 valence electrons. The SMILES string of the molecule is NC(=O)c1ccc(-c2nccnc2C2CN(C(=O)c3cc4ccc(F)cc4[nH]3)CCO2)cc1. The number of fused-ring (bicyclic) bond motifs is 1. The molecule has 0 radical (unpaired) electrons. The predicted molar refractivity (Wildman–Crippen MR) is 119 cm³/mol. The number of hydrogen-bond donors (Lipinski definition) is 2. The van der Waals surface area contributed by atoms with Crippen molar-refractivity contribution in [2.75, 3.05) is 19.7 Å². The molecule has 5 rings (SSSR count). The number of aromatic amines is 1. The number of benzene rings is 2. The fourth-order valence-electron chi connectivity index (χ4n) is 3.98. The maximum atomic E-state index is 13.5. The van der Waals surface area contributed by atoms with Crippen LogP contribution in [0.25, 0.3) is 22.2 Å². The Labute approximate surface area is 188 Å². The van der Waals surface area contributed by atoms with Crippen LogP contribution in [0.5, 0.6) is 0 Å². The number of carbonyl (C=O) groups is 2. The smallest absolute Gasteiger partial charge is 0.270 e. The molecule has 0 aliphatic carbocycles. The summed E-state index contributed by atoms with van der Waals surface area (Å²) in [5.74, 6) is -1.07. The van der Waals surface area contributed by atoms with Crippen LogP contribution >= 0.6 is 0 Å². The van der Waals surface area contributed by atoms with Gasteiger partial charge in [-0.2, -0.15) is 0 Å². The van der Waals surface area contributed by atoms with Crippen LogP contribution in [0.15, 0.2) is 60.9 Å². The lowest BCUT2D eigenvalue weighted by molar-refractivity contribution is -0.0247. The molecule has 2 aromatic carbocycles. The van der Waals surface area contributed by atoms with Crippen LogP contribution in [-0.4, -0.2) is 51.4 Å². The monoisotopic (exact) mass is 445 g/mol. The average molecular weight is 445 g/mol. The van der Waals surface area contributed by atoms with E-state index >= 15 is 0 Å². The molecule has 4 aromatic rings. The number of nitrogens with one attached hydrogen (secondary N) is 1. The van der Waals surface area contributed by atoms with Gasteiger partial charge in [-0.1, -0.05) is 12.1 Å². The zero-order valence-electron chi connectivity index (χ0n) is 17.5. The Kier molecular flexibility index (Phi) is 5.31. The first-order valence-electron chi connectivity index (χ1n) is 10.4. The van der Waals surface area contributed by atoms with Crippen LogP contribution in [0.2, 0.25) is 0 Å². The lowest BCUT2D eigenvalue weighted by Gasteiger charge is -2.33. The molecule has 3 N–H and O–H groups in total. The van der Waals surface area contributed by atoms with Crippen molar-refractivity contribution in [3.63, 3.8) is 0 Å². The second kappa shape index (κ2) is 8.44. The van der Waals surface area contributed by atoms with Gasteiger partial charge in [-0.3, -0.25) is 19.6 Å². The molecule has 1 unspecified atom stereocenters. The lowest BCUT2D eigenvalue weighted by Crippen LogP contribution is -2.42. The maximum absolute atomic E-state index is 13.5. The molecule has 0 spiro atoms. The van der Waals surface area contributed by atoms with Crippen LogP contribution in [0.1, 0.15) is 32.6 Å². The number of nitrogens with zero attached hydrogens (tertiary/aromatic N) is 3. The third-order valence-corrected chi connectivity index (χ3v) is 5.64. The van der Waals surface area contributed by atoms with Gasteiger partial charge in [0, 0.05) is 41.0 Å². The van der Waals surface area contributed by atoms with Crippen LogP contribution < -0.4 is 5.73 Å². The van der Waals surface area contributed by atoms with Gasteiger partial charge >= 0.3 is 0 Å². The number of hydrogen-bond acceptors (Lipinski definition) is 5. The van der Waals surface area contributed by atoms with Crippen molar-refractivity contribution in [3.8, 4) is 11.3 Å². The van der Waals surface area contributed by atoms with E-state index in [0.29, 0.717) is 41.3 Å². The number of primary amides is 1. The summed E-state index contributed by atoms with van der Waals surface area (Å²) >= 11 is 0. The fourth-order valence-corrected chi connectivity index (χ4v) is 3.98. The van der Waals surface area contributed by atoms with Gasteiger partial charge in [0.2, 0.25) is 5.91 Å². The second-order valence-electron chi connectivity index (χ2n) is 7.76. The van der Waals surface area contributed by atoms with E-state index < -0.39 is 12.0 Å². The maximum Gasteiger partial charge on any atom is 0.270 e. The summed E-state index contributed by atoms with van der Waals surface area (Å²) in [6.45, 7) is 1.04. The highest BCUT2D eigenvalue weighted by Crippen LogP contribution is 2.30. The molecule has 1 aliphatic heterocycles. The standard InChI is InChI=1S/C24H20FN5O3/c25-17-6-5-16-11-19(29-18(16)12-17)24(32)30-9-10-33-20(13-30)22-21(27-7-8-28-22)14-1-3-15(4-2-14)23(26)31/h1-8,11-12,20,29H,9-10,13H2,(H2,26,31). The number of carbonyl (C=O) groups excluding carboxylic acids is 2. The molecular formula is C24H20FN5O3. The molecule has 1 saturated heterocycles. The molecule has 1 fully saturated rings. The Bertz CT molecular complexity index is 1350. The quantitative estimate of drug-likeness (QED) is 0.501. The van der Waals surface area contributed by atoms with Crippen molar-refractivity contribution in [2.45, 2.75) is 6.10 Å². The van der Waals surface area contributed by atoms with Crippen LogP contribution in [0, 0.1) is 5.82 Å². The van der Waals surface area contributed by atoms with Gasteiger partial charge in [0.25, 0.3) is 5.91 Å². The zero-order chi connectivity index (χ0) is 22.9. The topological polar surface area (TPSA) is 114 Å². The van der Waals surface area contributed by atoms with Crippen LogP contribution in [0.3, 0.4) is 0 Å². The van der Waals surface area contributed by atoms with E-state index in [-0.39, 0.29) is 18.3 Å². The summed E-state index contributed by atoms with van der Waals surface area (Å²) in [6, 6.07) is 12.8. The number of ether oxygens (including phenoxy) is 1. The predicted octanol–water partition coefficient (Wildman–Crippen LogP) is 3.08. The lowest BCUT2D eigenvalue weighted by atomic mass is 10.0. The molecule has 0 bridgehead atoms. The Morgan fingerprint density at radius 3 is 2.67 bits per heavy atom. The van der Waals surface area contributed by atoms with E-state index in [9.17, 15) is 14.0 Å². The minimum atomic E-state index is -0.509. The van der Waals surface area contributed by atoms with E-state index in [4.69, 9.17) is 10.5 Å². The van der Waals surface area contributed by atoms with E-state index in [1.807, 2.05) is 0 Å². The van der Waals surface area contributed by atoms with Crippen LogP contribution in [-0.2, 0) is 4.74 Å². The molecular weight excluding hydrogens is 425 g/mol. The van der Waals surface area contributed by atoms with Gasteiger partial charge in [-0.05, 0) is 36.4 Å². The summed E-state index contributed by atoms with van der Waals surface area (Å²) in [6.07, 6.45) is 2.67. The molecule has 2 amide bonds. The summed E-state index contributed by atoms with van der Waals surface area (Å²) in [5, 5.41) is 0.764. The molecule has 1 atom stereocenters. The third kappa shape index (κ3) is 4.06. The van der Waals surface area contributed by atoms with Gasteiger partial charge < -0.3 is 20.4 Å². The molecule has 33 heavy (non-hydrogen) atoms. The van der Waals surface area contributed by atoms with Gasteiger partial charge in [0.15, 0.2) is 0 Å². The molecule has 9 heteroatoms. The van der Waals surface area contributed by atoms with Crippen molar-refractivity contribution in [3.05, 3.63) is 83.7 Å². The largest absolute Gasteiger partial charge is 0.368 e. The van der Waals surface area contributed by atoms with Gasteiger partial charge in [-0.25, -0.2) is 4.39 Å². The third-order valence-electron chi connectivity index (χ3n) is 5.64. The van der Waals surface area contributed by atoms with Crippen molar-refractivity contribution in [1.82, 2.24) is 19.9 Å². The Hall–Kier alpha value is -4.11. The molecule has 0 saturated carbocycles. The minimum absolute atomic E-state index is 0.198.